The number of carboxylic acid groups (broad SMARTS) is 1. The Morgan fingerprint density at radius 3 is 2.50 bits per heavy atom. The van der Waals surface area contributed by atoms with Crippen molar-refractivity contribution >= 4 is 21.9 Å². The molecule has 144 valence electrons. The summed E-state index contributed by atoms with van der Waals surface area (Å²) in [5.41, 5.74) is 0.137. The number of carbonyl (C=O) groups is 2. The van der Waals surface area contributed by atoms with Crippen LogP contribution in [0, 0.1) is 5.92 Å². The molecule has 9 heteroatoms. The highest BCUT2D eigenvalue weighted by molar-refractivity contribution is 7.89. The third-order valence-electron chi connectivity index (χ3n) is 4.66. The maximum absolute atomic E-state index is 13.1. The van der Waals surface area contributed by atoms with Gasteiger partial charge in [-0.05, 0) is 38.0 Å². The molecule has 1 heterocycles. The van der Waals surface area contributed by atoms with E-state index in [4.69, 9.17) is 4.74 Å². The number of rotatable bonds is 5. The Labute approximate surface area is 153 Å². The second-order valence-electron chi connectivity index (χ2n) is 6.50. The number of ether oxygens (including phenoxy) is 1. The zero-order valence-corrected chi connectivity index (χ0v) is 16.1. The van der Waals surface area contributed by atoms with Crippen LogP contribution in [0.4, 0.5) is 0 Å². The van der Waals surface area contributed by atoms with Gasteiger partial charge in [-0.3, -0.25) is 9.59 Å². The molecule has 1 aliphatic rings. The van der Waals surface area contributed by atoms with Gasteiger partial charge in [-0.25, -0.2) is 8.42 Å². The van der Waals surface area contributed by atoms with Crippen LogP contribution >= 0.6 is 0 Å². The highest BCUT2D eigenvalue weighted by atomic mass is 32.2. The van der Waals surface area contributed by atoms with E-state index < -0.39 is 28.0 Å². The quantitative estimate of drug-likeness (QED) is 0.820. The average Bonchev–Trinajstić information content (AvgIpc) is 2.60. The number of aliphatic carboxylic acids is 1. The molecule has 0 aliphatic carbocycles. The first-order valence-electron chi connectivity index (χ1n) is 8.25. The summed E-state index contributed by atoms with van der Waals surface area (Å²) in [7, 11) is 0.587. The second kappa shape index (κ2) is 7.63. The van der Waals surface area contributed by atoms with Gasteiger partial charge in [0.05, 0.1) is 23.5 Å². The molecule has 8 nitrogen and oxygen atoms in total. The first-order chi connectivity index (χ1) is 12.1. The first-order valence-corrected chi connectivity index (χ1v) is 9.69. The third-order valence-corrected chi connectivity index (χ3v) is 6.64. The molecule has 0 unspecified atom stereocenters. The molecule has 0 aromatic heterocycles. The number of hydrogen-bond acceptors (Lipinski definition) is 5. The predicted molar refractivity (Wildman–Crippen MR) is 94.7 cm³/mol. The van der Waals surface area contributed by atoms with E-state index >= 15 is 0 Å². The van der Waals surface area contributed by atoms with Crippen molar-refractivity contribution in [3.8, 4) is 5.75 Å². The summed E-state index contributed by atoms with van der Waals surface area (Å²) in [4.78, 5) is 25.0. The van der Waals surface area contributed by atoms with Crippen molar-refractivity contribution in [3.05, 3.63) is 23.8 Å². The Balaban J connectivity index is 2.47. The van der Waals surface area contributed by atoms with E-state index in [1.807, 2.05) is 0 Å². The maximum Gasteiger partial charge on any atom is 0.308 e. The van der Waals surface area contributed by atoms with Gasteiger partial charge in [0.1, 0.15) is 5.75 Å². The van der Waals surface area contributed by atoms with Gasteiger partial charge in [0.25, 0.3) is 5.91 Å². The number of piperidine rings is 1. The van der Waals surface area contributed by atoms with Crippen LogP contribution in [0.1, 0.15) is 30.1 Å². The normalized spacial score (nSPS) is 21.2. The number of carbonyl (C=O) groups excluding carboxylic acids is 1. The molecule has 26 heavy (non-hydrogen) atoms. The molecule has 0 bridgehead atoms. The van der Waals surface area contributed by atoms with Gasteiger partial charge < -0.3 is 14.7 Å². The minimum Gasteiger partial charge on any atom is -0.496 e. The van der Waals surface area contributed by atoms with Crippen molar-refractivity contribution in [2.45, 2.75) is 30.7 Å². The minimum atomic E-state index is -3.94. The van der Waals surface area contributed by atoms with Crippen molar-refractivity contribution in [2.24, 2.45) is 5.92 Å². The van der Waals surface area contributed by atoms with Gasteiger partial charge in [-0.15, -0.1) is 0 Å². The Morgan fingerprint density at radius 1 is 1.31 bits per heavy atom. The molecule has 0 saturated carbocycles. The lowest BCUT2D eigenvalue weighted by Crippen LogP contribution is -2.49. The van der Waals surface area contributed by atoms with Crippen LogP contribution in [-0.4, -0.2) is 68.4 Å². The van der Waals surface area contributed by atoms with Crippen LogP contribution in [0.5, 0.6) is 5.75 Å². The van der Waals surface area contributed by atoms with Gasteiger partial charge in [0.15, 0.2) is 0 Å². The van der Waals surface area contributed by atoms with E-state index in [1.165, 1.54) is 34.5 Å². The lowest BCUT2D eigenvalue weighted by atomic mass is 9.92. The fourth-order valence-corrected chi connectivity index (χ4v) is 4.90. The lowest BCUT2D eigenvalue weighted by Gasteiger charge is -2.36. The Bertz CT molecular complexity index is 805. The van der Waals surface area contributed by atoms with Crippen molar-refractivity contribution in [1.29, 1.82) is 0 Å². The summed E-state index contributed by atoms with van der Waals surface area (Å²) in [5, 5.41) is 9.32. The van der Waals surface area contributed by atoms with E-state index in [9.17, 15) is 23.1 Å². The number of sulfonamides is 1. The highest BCUT2D eigenvalue weighted by Crippen LogP contribution is 2.31. The van der Waals surface area contributed by atoms with Crippen LogP contribution in [0.2, 0.25) is 0 Å². The zero-order chi connectivity index (χ0) is 19.6. The Hall–Kier alpha value is -2.13. The average molecular weight is 384 g/mol. The van der Waals surface area contributed by atoms with Crippen molar-refractivity contribution in [2.75, 3.05) is 27.7 Å². The maximum atomic E-state index is 13.1. The molecule has 1 aliphatic heterocycles. The molecule has 1 fully saturated rings. The lowest BCUT2D eigenvalue weighted by molar-refractivity contribution is -0.144. The van der Waals surface area contributed by atoms with Gasteiger partial charge >= 0.3 is 5.97 Å². The SMILES string of the molecule is COc1ccc(S(=O)(=O)N2CCC[C@H](C(=O)O)[C@@H]2C)cc1C(=O)N(C)C. The number of carboxylic acids is 1. The molecule has 1 aromatic rings. The van der Waals surface area contributed by atoms with E-state index in [-0.39, 0.29) is 28.7 Å². The van der Waals surface area contributed by atoms with E-state index in [2.05, 4.69) is 0 Å². The van der Waals surface area contributed by atoms with E-state index in [0.29, 0.717) is 12.8 Å². The monoisotopic (exact) mass is 384 g/mol. The van der Waals surface area contributed by atoms with Gasteiger partial charge in [-0.2, -0.15) is 4.31 Å². The topological polar surface area (TPSA) is 104 Å². The second-order valence-corrected chi connectivity index (χ2v) is 8.40. The van der Waals surface area contributed by atoms with Crippen LogP contribution in [-0.2, 0) is 14.8 Å². The van der Waals surface area contributed by atoms with Gasteiger partial charge in [0.2, 0.25) is 10.0 Å². The van der Waals surface area contributed by atoms with E-state index in [0.717, 1.165) is 0 Å². The van der Waals surface area contributed by atoms with Crippen LogP contribution in [0.3, 0.4) is 0 Å². The standard InChI is InChI=1S/C17H24N2O6S/c1-11-13(17(21)22)6-5-9-19(11)26(23,24)12-7-8-15(25-4)14(10-12)16(20)18(2)3/h7-8,10-11,13H,5-6,9H2,1-4H3,(H,21,22)/t11-,13-/m0/s1. The molecule has 1 amide bonds. The third kappa shape index (κ3) is 3.68. The van der Waals surface area contributed by atoms with E-state index in [1.54, 1.807) is 21.0 Å². The molecule has 1 aromatic carbocycles. The first kappa shape index (κ1) is 20.2. The smallest absolute Gasteiger partial charge is 0.308 e. The molecule has 2 rings (SSSR count). The zero-order valence-electron chi connectivity index (χ0n) is 15.3. The molecule has 1 N–H and O–H groups in total. The fraction of sp³-hybridized carbons (Fsp3) is 0.529. The number of benzene rings is 1. The largest absolute Gasteiger partial charge is 0.496 e. The number of nitrogens with zero attached hydrogens (tertiary/aromatic N) is 2. The van der Waals surface area contributed by atoms with Crippen molar-refractivity contribution in [1.82, 2.24) is 9.21 Å². The fourth-order valence-electron chi connectivity index (χ4n) is 3.17. The highest BCUT2D eigenvalue weighted by Gasteiger charge is 2.39. The summed E-state index contributed by atoms with van der Waals surface area (Å²) in [6.45, 7) is 1.85. The van der Waals surface area contributed by atoms with Crippen molar-refractivity contribution < 1.29 is 27.9 Å². The van der Waals surface area contributed by atoms with Crippen LogP contribution in [0.25, 0.3) is 0 Å². The molecular formula is C17H24N2O6S. The number of methoxy groups -OCH3 is 1. The number of hydrogen-bond donors (Lipinski definition) is 1. The molecule has 0 radical (unpaired) electrons. The minimum absolute atomic E-state index is 0.0543. The van der Waals surface area contributed by atoms with Gasteiger partial charge in [-0.1, -0.05) is 0 Å². The molecular weight excluding hydrogens is 360 g/mol. The van der Waals surface area contributed by atoms with Crippen LogP contribution in [0.15, 0.2) is 23.1 Å². The summed E-state index contributed by atoms with van der Waals surface area (Å²) in [5.74, 6) is -1.86. The summed E-state index contributed by atoms with van der Waals surface area (Å²) >= 11 is 0. The summed E-state index contributed by atoms with van der Waals surface area (Å²) < 4.78 is 32.5. The molecule has 0 spiro atoms. The van der Waals surface area contributed by atoms with Gasteiger partial charge in [0, 0.05) is 26.7 Å². The number of amides is 1. The Kier molecular flexibility index (Phi) is 5.92. The summed E-state index contributed by atoms with van der Waals surface area (Å²) in [6, 6.07) is 3.43. The molecule has 1 saturated heterocycles. The predicted octanol–water partition coefficient (Wildman–Crippen LogP) is 1.27. The van der Waals surface area contributed by atoms with Crippen molar-refractivity contribution in [3.63, 3.8) is 0 Å². The Morgan fingerprint density at radius 2 is 1.96 bits per heavy atom. The van der Waals surface area contributed by atoms with Crippen LogP contribution < -0.4 is 4.74 Å². The molecule has 2 atom stereocenters. The summed E-state index contributed by atoms with van der Waals surface area (Å²) in [6.07, 6.45) is 0.912.